The molecule has 2 unspecified atom stereocenters. The van der Waals surface area contributed by atoms with Crippen LogP contribution in [-0.4, -0.2) is 25.2 Å². The molecule has 1 fully saturated rings. The lowest BCUT2D eigenvalue weighted by Gasteiger charge is -2.17. The van der Waals surface area contributed by atoms with Crippen LogP contribution in [0.3, 0.4) is 0 Å². The summed E-state index contributed by atoms with van der Waals surface area (Å²) in [6.45, 7) is 4.43. The molecule has 1 aliphatic rings. The minimum absolute atomic E-state index is 0.507. The number of hydrogen-bond donors (Lipinski definition) is 2. The van der Waals surface area contributed by atoms with Crippen LogP contribution in [0.2, 0.25) is 0 Å². The first kappa shape index (κ1) is 10.6. The summed E-state index contributed by atoms with van der Waals surface area (Å²) in [5, 5.41) is 6.97. The fourth-order valence-electron chi connectivity index (χ4n) is 1.74. The zero-order chi connectivity index (χ0) is 9.52. The average molecular weight is 180 g/mol. The molecule has 0 bridgehead atoms. The van der Waals surface area contributed by atoms with Gasteiger partial charge in [0.25, 0.3) is 0 Å². The molecule has 2 nitrogen and oxygen atoms in total. The SMILES string of the molecule is C#CCC(CC)NCC1CCCN1. The summed E-state index contributed by atoms with van der Waals surface area (Å²) in [4.78, 5) is 0. The molecule has 1 heterocycles. The molecular formula is C11H20N2. The quantitative estimate of drug-likeness (QED) is 0.620. The van der Waals surface area contributed by atoms with Crippen molar-refractivity contribution in [2.45, 2.75) is 44.7 Å². The molecule has 2 N–H and O–H groups in total. The molecule has 2 heteroatoms. The van der Waals surface area contributed by atoms with Gasteiger partial charge < -0.3 is 10.6 Å². The van der Waals surface area contributed by atoms with Gasteiger partial charge in [0.15, 0.2) is 0 Å². The number of rotatable bonds is 5. The van der Waals surface area contributed by atoms with E-state index in [4.69, 9.17) is 6.42 Å². The molecule has 0 radical (unpaired) electrons. The van der Waals surface area contributed by atoms with Gasteiger partial charge in [-0.05, 0) is 25.8 Å². The minimum Gasteiger partial charge on any atom is -0.313 e. The Morgan fingerprint density at radius 1 is 1.69 bits per heavy atom. The van der Waals surface area contributed by atoms with Crippen LogP contribution in [0.25, 0.3) is 0 Å². The Labute approximate surface area is 81.5 Å². The molecule has 1 rings (SSSR count). The van der Waals surface area contributed by atoms with Crippen molar-refractivity contribution in [1.29, 1.82) is 0 Å². The van der Waals surface area contributed by atoms with Gasteiger partial charge in [-0.3, -0.25) is 0 Å². The van der Waals surface area contributed by atoms with Crippen LogP contribution in [0.15, 0.2) is 0 Å². The van der Waals surface area contributed by atoms with Crippen molar-refractivity contribution in [2.24, 2.45) is 0 Å². The van der Waals surface area contributed by atoms with Gasteiger partial charge in [0.1, 0.15) is 0 Å². The first-order valence-electron chi connectivity index (χ1n) is 5.27. The van der Waals surface area contributed by atoms with E-state index >= 15 is 0 Å². The maximum atomic E-state index is 5.28. The second kappa shape index (κ2) is 6.01. The predicted octanol–water partition coefficient (Wildman–Crippen LogP) is 1.13. The molecule has 0 amide bonds. The zero-order valence-corrected chi connectivity index (χ0v) is 8.47. The molecule has 74 valence electrons. The Balaban J connectivity index is 2.11. The van der Waals surface area contributed by atoms with Gasteiger partial charge in [-0.1, -0.05) is 6.92 Å². The van der Waals surface area contributed by atoms with E-state index in [1.807, 2.05) is 0 Å². The topological polar surface area (TPSA) is 24.1 Å². The van der Waals surface area contributed by atoms with Crippen molar-refractivity contribution >= 4 is 0 Å². The molecule has 1 aliphatic heterocycles. The summed E-state index contributed by atoms with van der Waals surface area (Å²) in [6.07, 6.45) is 9.88. The van der Waals surface area contributed by atoms with E-state index in [9.17, 15) is 0 Å². The smallest absolute Gasteiger partial charge is 0.0240 e. The summed E-state index contributed by atoms with van der Waals surface area (Å²) in [7, 11) is 0. The van der Waals surface area contributed by atoms with Gasteiger partial charge in [-0.2, -0.15) is 0 Å². The molecule has 0 spiro atoms. The van der Waals surface area contributed by atoms with Gasteiger partial charge in [0.2, 0.25) is 0 Å². The maximum absolute atomic E-state index is 5.28. The Morgan fingerprint density at radius 2 is 2.54 bits per heavy atom. The lowest BCUT2D eigenvalue weighted by atomic mass is 10.1. The third-order valence-electron chi connectivity index (χ3n) is 2.67. The molecule has 0 saturated carbocycles. The van der Waals surface area contributed by atoms with E-state index in [0.29, 0.717) is 12.1 Å². The number of nitrogens with one attached hydrogen (secondary N) is 2. The normalized spacial score (nSPS) is 24.2. The van der Waals surface area contributed by atoms with E-state index in [2.05, 4.69) is 23.5 Å². The van der Waals surface area contributed by atoms with Crippen LogP contribution in [0.5, 0.6) is 0 Å². The first-order chi connectivity index (χ1) is 6.36. The van der Waals surface area contributed by atoms with Crippen LogP contribution < -0.4 is 10.6 Å². The molecule has 0 aromatic rings. The fraction of sp³-hybridized carbons (Fsp3) is 0.818. The third-order valence-corrected chi connectivity index (χ3v) is 2.67. The third kappa shape index (κ3) is 3.80. The molecule has 13 heavy (non-hydrogen) atoms. The molecule has 0 aromatic carbocycles. The minimum atomic E-state index is 0.507. The van der Waals surface area contributed by atoms with E-state index in [1.54, 1.807) is 0 Å². The van der Waals surface area contributed by atoms with Crippen molar-refractivity contribution in [1.82, 2.24) is 10.6 Å². The average Bonchev–Trinajstić information content (AvgIpc) is 2.64. The Bertz CT molecular complexity index is 165. The lowest BCUT2D eigenvalue weighted by molar-refractivity contribution is 0.456. The van der Waals surface area contributed by atoms with Crippen molar-refractivity contribution in [2.75, 3.05) is 13.1 Å². The molecule has 0 aromatic heterocycles. The van der Waals surface area contributed by atoms with Crippen molar-refractivity contribution < 1.29 is 0 Å². The monoisotopic (exact) mass is 180 g/mol. The van der Waals surface area contributed by atoms with E-state index in [-0.39, 0.29) is 0 Å². The second-order valence-corrected chi connectivity index (χ2v) is 3.71. The Hall–Kier alpha value is -0.520. The largest absolute Gasteiger partial charge is 0.313 e. The summed E-state index contributed by atoms with van der Waals surface area (Å²) >= 11 is 0. The number of terminal acetylenes is 1. The first-order valence-corrected chi connectivity index (χ1v) is 5.27. The second-order valence-electron chi connectivity index (χ2n) is 3.71. The van der Waals surface area contributed by atoms with Crippen LogP contribution in [-0.2, 0) is 0 Å². The van der Waals surface area contributed by atoms with Crippen LogP contribution >= 0.6 is 0 Å². The highest BCUT2D eigenvalue weighted by Crippen LogP contribution is 2.04. The summed E-state index contributed by atoms with van der Waals surface area (Å²) in [5.74, 6) is 2.71. The van der Waals surface area contributed by atoms with Crippen molar-refractivity contribution in [3.63, 3.8) is 0 Å². The van der Waals surface area contributed by atoms with E-state index in [1.165, 1.54) is 19.4 Å². The fourth-order valence-corrected chi connectivity index (χ4v) is 1.74. The molecule has 1 saturated heterocycles. The Morgan fingerprint density at radius 3 is 3.08 bits per heavy atom. The van der Waals surface area contributed by atoms with Gasteiger partial charge >= 0.3 is 0 Å². The summed E-state index contributed by atoms with van der Waals surface area (Å²) in [6, 6.07) is 1.18. The Kier molecular flexibility index (Phi) is 4.88. The molecule has 2 atom stereocenters. The molecule has 0 aliphatic carbocycles. The number of hydrogen-bond acceptors (Lipinski definition) is 2. The van der Waals surface area contributed by atoms with E-state index < -0.39 is 0 Å². The standard InChI is InChI=1S/C11H20N2/c1-3-6-10(4-2)13-9-11-7-5-8-12-11/h1,10-13H,4-9H2,2H3. The van der Waals surface area contributed by atoms with Crippen molar-refractivity contribution in [3.05, 3.63) is 0 Å². The van der Waals surface area contributed by atoms with Crippen LogP contribution in [0, 0.1) is 12.3 Å². The van der Waals surface area contributed by atoms with Gasteiger partial charge in [-0.15, -0.1) is 12.3 Å². The predicted molar refractivity (Wildman–Crippen MR) is 56.6 cm³/mol. The van der Waals surface area contributed by atoms with E-state index in [0.717, 1.165) is 19.4 Å². The molecular weight excluding hydrogens is 160 g/mol. The summed E-state index contributed by atoms with van der Waals surface area (Å²) in [5.41, 5.74) is 0. The van der Waals surface area contributed by atoms with Crippen molar-refractivity contribution in [3.8, 4) is 12.3 Å². The lowest BCUT2D eigenvalue weighted by Crippen LogP contribution is -2.39. The van der Waals surface area contributed by atoms with Gasteiger partial charge in [0.05, 0.1) is 0 Å². The van der Waals surface area contributed by atoms with Gasteiger partial charge in [0, 0.05) is 25.0 Å². The highest BCUT2D eigenvalue weighted by molar-refractivity contribution is 4.90. The van der Waals surface area contributed by atoms with Crippen LogP contribution in [0.4, 0.5) is 0 Å². The van der Waals surface area contributed by atoms with Gasteiger partial charge in [-0.25, -0.2) is 0 Å². The zero-order valence-electron chi connectivity index (χ0n) is 8.47. The summed E-state index contributed by atoms with van der Waals surface area (Å²) < 4.78 is 0. The highest BCUT2D eigenvalue weighted by atomic mass is 15.0. The highest BCUT2D eigenvalue weighted by Gasteiger charge is 2.14. The maximum Gasteiger partial charge on any atom is 0.0240 e. The van der Waals surface area contributed by atoms with Crippen LogP contribution in [0.1, 0.15) is 32.6 Å².